The highest BCUT2D eigenvalue weighted by molar-refractivity contribution is 6.01. The third-order valence-electron chi connectivity index (χ3n) is 5.58. The summed E-state index contributed by atoms with van der Waals surface area (Å²) < 4.78 is 3.86. The Hall–Kier alpha value is -4.47. The van der Waals surface area contributed by atoms with Gasteiger partial charge in [0.05, 0.1) is 16.8 Å². The Morgan fingerprint density at radius 1 is 0.970 bits per heavy atom. The second kappa shape index (κ2) is 8.23. The lowest BCUT2D eigenvalue weighted by molar-refractivity contribution is -0.119. The van der Waals surface area contributed by atoms with E-state index in [2.05, 4.69) is 10.4 Å². The van der Waals surface area contributed by atoms with Gasteiger partial charge in [0.15, 0.2) is 5.69 Å². The van der Waals surface area contributed by atoms with Crippen LogP contribution in [0, 0.1) is 6.92 Å². The van der Waals surface area contributed by atoms with Gasteiger partial charge < -0.3 is 10.4 Å². The van der Waals surface area contributed by atoms with Crippen LogP contribution in [-0.2, 0) is 11.8 Å². The zero-order valence-electron chi connectivity index (χ0n) is 18.1. The van der Waals surface area contributed by atoms with Crippen molar-refractivity contribution in [2.24, 2.45) is 7.05 Å². The highest BCUT2D eigenvalue weighted by atomic mass is 16.4. The molecule has 0 aliphatic heterocycles. The van der Waals surface area contributed by atoms with E-state index in [1.165, 1.54) is 23.7 Å². The van der Waals surface area contributed by atoms with Crippen molar-refractivity contribution in [3.05, 3.63) is 86.7 Å². The number of aromatic carboxylic acids is 1. The van der Waals surface area contributed by atoms with Gasteiger partial charge in [-0.15, -0.1) is 0 Å². The summed E-state index contributed by atoms with van der Waals surface area (Å²) in [5.74, 6) is -2.00. The van der Waals surface area contributed by atoms with Gasteiger partial charge in [-0.05, 0) is 32.0 Å². The van der Waals surface area contributed by atoms with Crippen molar-refractivity contribution >= 4 is 28.3 Å². The topological polar surface area (TPSA) is 128 Å². The average molecular weight is 447 g/mol. The van der Waals surface area contributed by atoms with E-state index in [4.69, 9.17) is 0 Å². The maximum atomic E-state index is 13.1. The van der Waals surface area contributed by atoms with Crippen LogP contribution in [0.4, 0.5) is 5.69 Å². The molecule has 4 rings (SSSR count). The predicted molar refractivity (Wildman–Crippen MR) is 122 cm³/mol. The molecule has 0 aliphatic carbocycles. The lowest BCUT2D eigenvalue weighted by Crippen LogP contribution is -2.35. The number of carboxylic acids is 1. The van der Waals surface area contributed by atoms with E-state index in [-0.39, 0.29) is 22.2 Å². The maximum absolute atomic E-state index is 13.1. The lowest BCUT2D eigenvalue weighted by Gasteiger charge is -2.15. The van der Waals surface area contributed by atoms with Crippen LogP contribution in [0.15, 0.2) is 64.2 Å². The summed E-state index contributed by atoms with van der Waals surface area (Å²) >= 11 is 0. The number of nitrogens with one attached hydrogen (secondary N) is 1. The molecule has 0 aliphatic rings. The number of fused-ring (bicyclic) bond motifs is 1. The SMILES string of the molecule is Cc1c(NC(=O)[C@@H](C)n2nc(C(=O)O)c3ccccc3c2=O)c(=O)n(-c2ccccc2)n1C. The molecule has 0 radical (unpaired) electrons. The first-order valence-corrected chi connectivity index (χ1v) is 10.1. The molecule has 2 N–H and O–H groups in total. The first-order chi connectivity index (χ1) is 15.7. The van der Waals surface area contributed by atoms with Crippen molar-refractivity contribution in [3.63, 3.8) is 0 Å². The van der Waals surface area contributed by atoms with Gasteiger partial charge in [0.2, 0.25) is 5.91 Å². The van der Waals surface area contributed by atoms with Gasteiger partial charge in [-0.2, -0.15) is 5.10 Å². The Balaban J connectivity index is 1.75. The van der Waals surface area contributed by atoms with Gasteiger partial charge in [0, 0.05) is 12.4 Å². The number of hydrogen-bond acceptors (Lipinski definition) is 5. The van der Waals surface area contributed by atoms with Crippen molar-refractivity contribution in [3.8, 4) is 5.69 Å². The fraction of sp³-hybridized carbons (Fsp3) is 0.174. The number of carbonyl (C=O) groups is 2. The molecule has 0 saturated carbocycles. The number of nitrogens with zero attached hydrogens (tertiary/aromatic N) is 4. The number of aromatic nitrogens is 4. The van der Waals surface area contributed by atoms with Gasteiger partial charge in [0.25, 0.3) is 11.1 Å². The molecule has 0 fully saturated rings. The summed E-state index contributed by atoms with van der Waals surface area (Å²) in [5, 5.41) is 16.4. The molecule has 33 heavy (non-hydrogen) atoms. The molecule has 1 atom stereocenters. The largest absolute Gasteiger partial charge is 0.476 e. The minimum absolute atomic E-state index is 0.0606. The minimum Gasteiger partial charge on any atom is -0.476 e. The van der Waals surface area contributed by atoms with Crippen LogP contribution >= 0.6 is 0 Å². The number of carbonyl (C=O) groups excluding carboxylic acids is 1. The summed E-state index contributed by atoms with van der Waals surface area (Å²) in [6, 6.07) is 13.9. The van der Waals surface area contributed by atoms with Crippen molar-refractivity contribution < 1.29 is 14.7 Å². The number of para-hydroxylation sites is 1. The molecule has 10 heteroatoms. The molecule has 2 aromatic heterocycles. The zero-order valence-corrected chi connectivity index (χ0v) is 18.1. The molecule has 10 nitrogen and oxygen atoms in total. The first-order valence-electron chi connectivity index (χ1n) is 10.1. The highest BCUT2D eigenvalue weighted by Crippen LogP contribution is 2.18. The molecule has 0 bridgehead atoms. The molecule has 0 unspecified atom stereocenters. The number of anilines is 1. The zero-order chi connectivity index (χ0) is 23.9. The van der Waals surface area contributed by atoms with E-state index in [1.807, 2.05) is 6.07 Å². The van der Waals surface area contributed by atoms with Crippen LogP contribution in [0.1, 0.15) is 29.1 Å². The molecule has 1 amide bonds. The summed E-state index contributed by atoms with van der Waals surface area (Å²) in [6.45, 7) is 3.10. The standard InChI is InChI=1S/C23H21N5O5/c1-13-18(22(31)28(26(13)3)15-9-5-4-6-10-15)24-20(29)14(2)27-21(30)17-12-8-7-11-16(17)19(25-27)23(32)33/h4-12,14H,1-3H3,(H,24,29)(H,32,33)/t14-/m1/s1. The molecule has 0 saturated heterocycles. The van der Waals surface area contributed by atoms with E-state index in [9.17, 15) is 24.3 Å². The van der Waals surface area contributed by atoms with E-state index < -0.39 is 29.0 Å². The Labute approximate surface area is 187 Å². The Morgan fingerprint density at radius 2 is 1.58 bits per heavy atom. The number of rotatable bonds is 5. The Bertz CT molecular complexity index is 1510. The van der Waals surface area contributed by atoms with Crippen LogP contribution in [-0.4, -0.2) is 36.1 Å². The summed E-state index contributed by atoms with van der Waals surface area (Å²) in [5.41, 5.74) is -0.191. The highest BCUT2D eigenvalue weighted by Gasteiger charge is 2.25. The van der Waals surface area contributed by atoms with Crippen LogP contribution in [0.5, 0.6) is 0 Å². The number of amides is 1. The molecular formula is C23H21N5O5. The van der Waals surface area contributed by atoms with Gasteiger partial charge in [-0.25, -0.2) is 14.2 Å². The number of benzene rings is 2. The smallest absolute Gasteiger partial charge is 0.357 e. The third kappa shape index (κ3) is 3.61. The van der Waals surface area contributed by atoms with Crippen molar-refractivity contribution in [2.75, 3.05) is 5.32 Å². The fourth-order valence-corrected chi connectivity index (χ4v) is 3.68. The summed E-state index contributed by atoms with van der Waals surface area (Å²) in [4.78, 5) is 50.7. The van der Waals surface area contributed by atoms with Crippen molar-refractivity contribution in [2.45, 2.75) is 19.9 Å². The van der Waals surface area contributed by atoms with Crippen LogP contribution in [0.25, 0.3) is 16.5 Å². The molecule has 168 valence electrons. The van der Waals surface area contributed by atoms with E-state index in [0.29, 0.717) is 11.4 Å². The van der Waals surface area contributed by atoms with Gasteiger partial charge in [-0.1, -0.05) is 36.4 Å². The number of carboxylic acid groups (broad SMARTS) is 1. The van der Waals surface area contributed by atoms with Crippen molar-refractivity contribution in [1.29, 1.82) is 0 Å². The lowest BCUT2D eigenvalue weighted by atomic mass is 10.1. The Morgan fingerprint density at radius 3 is 2.21 bits per heavy atom. The molecular weight excluding hydrogens is 426 g/mol. The molecule has 2 aromatic carbocycles. The number of hydrogen-bond donors (Lipinski definition) is 2. The summed E-state index contributed by atoms with van der Waals surface area (Å²) in [7, 11) is 1.69. The minimum atomic E-state index is -1.32. The van der Waals surface area contributed by atoms with E-state index in [1.54, 1.807) is 55.1 Å². The third-order valence-corrected chi connectivity index (χ3v) is 5.58. The first kappa shape index (κ1) is 21.8. The van der Waals surface area contributed by atoms with Gasteiger partial charge in [0.1, 0.15) is 11.7 Å². The van der Waals surface area contributed by atoms with Crippen LogP contribution in [0.2, 0.25) is 0 Å². The molecule has 0 spiro atoms. The molecule has 4 aromatic rings. The van der Waals surface area contributed by atoms with Gasteiger partial charge in [-0.3, -0.25) is 19.1 Å². The van der Waals surface area contributed by atoms with Gasteiger partial charge >= 0.3 is 5.97 Å². The Kier molecular flexibility index (Phi) is 5.42. The maximum Gasteiger partial charge on any atom is 0.357 e. The van der Waals surface area contributed by atoms with E-state index >= 15 is 0 Å². The monoisotopic (exact) mass is 447 g/mol. The van der Waals surface area contributed by atoms with Crippen molar-refractivity contribution in [1.82, 2.24) is 19.1 Å². The normalized spacial score (nSPS) is 12.0. The second-order valence-corrected chi connectivity index (χ2v) is 7.55. The van der Waals surface area contributed by atoms with Crippen LogP contribution in [0.3, 0.4) is 0 Å². The molecule has 2 heterocycles. The average Bonchev–Trinajstić information content (AvgIpc) is 3.02. The predicted octanol–water partition coefficient (Wildman–Crippen LogP) is 2.09. The van der Waals surface area contributed by atoms with Crippen LogP contribution < -0.4 is 16.4 Å². The van der Waals surface area contributed by atoms with E-state index in [0.717, 1.165) is 4.68 Å². The fourth-order valence-electron chi connectivity index (χ4n) is 3.68. The summed E-state index contributed by atoms with van der Waals surface area (Å²) in [6.07, 6.45) is 0. The quantitative estimate of drug-likeness (QED) is 0.482. The second-order valence-electron chi connectivity index (χ2n) is 7.55.